The van der Waals surface area contributed by atoms with Gasteiger partial charge in [-0.3, -0.25) is 9.59 Å². The van der Waals surface area contributed by atoms with E-state index in [1.54, 1.807) is 24.0 Å². The lowest BCUT2D eigenvalue weighted by Gasteiger charge is -2.31. The Morgan fingerprint density at radius 2 is 1.81 bits per heavy atom. The molecule has 2 amide bonds. The van der Waals surface area contributed by atoms with Crippen molar-refractivity contribution in [1.29, 1.82) is 0 Å². The van der Waals surface area contributed by atoms with Crippen molar-refractivity contribution in [3.8, 4) is 5.69 Å². The zero-order valence-corrected chi connectivity index (χ0v) is 15.8. The lowest BCUT2D eigenvalue weighted by molar-refractivity contribution is -0.126. The van der Waals surface area contributed by atoms with E-state index < -0.39 is 0 Å². The van der Waals surface area contributed by atoms with Crippen molar-refractivity contribution in [2.75, 3.05) is 13.1 Å². The molecular weight excluding hydrogens is 349 g/mol. The molecular formula is C19H24FN5O2. The van der Waals surface area contributed by atoms with Crippen molar-refractivity contribution in [2.24, 2.45) is 5.92 Å². The van der Waals surface area contributed by atoms with Crippen molar-refractivity contribution < 1.29 is 14.0 Å². The summed E-state index contributed by atoms with van der Waals surface area (Å²) in [6, 6.07) is 5.96. The Kier molecular flexibility index (Phi) is 5.53. The average Bonchev–Trinajstić information content (AvgIpc) is 3.03. The first-order valence-corrected chi connectivity index (χ1v) is 9.14. The molecule has 1 aromatic heterocycles. The van der Waals surface area contributed by atoms with Crippen molar-refractivity contribution in [3.05, 3.63) is 41.7 Å². The summed E-state index contributed by atoms with van der Waals surface area (Å²) in [4.78, 5) is 30.8. The molecule has 0 bridgehead atoms. The number of amides is 2. The summed E-state index contributed by atoms with van der Waals surface area (Å²) in [5.74, 6) is 0.0616. The Morgan fingerprint density at radius 1 is 1.19 bits per heavy atom. The quantitative estimate of drug-likeness (QED) is 0.890. The predicted molar refractivity (Wildman–Crippen MR) is 98.0 cm³/mol. The molecule has 1 saturated heterocycles. The second-order valence-electron chi connectivity index (χ2n) is 7.10. The highest BCUT2D eigenvalue weighted by atomic mass is 19.1. The molecule has 3 rings (SSSR count). The second-order valence-corrected chi connectivity index (χ2v) is 7.10. The molecule has 2 aromatic rings. The van der Waals surface area contributed by atoms with Crippen LogP contribution in [0.1, 0.15) is 43.1 Å². The van der Waals surface area contributed by atoms with E-state index in [1.165, 1.54) is 16.8 Å². The van der Waals surface area contributed by atoms with E-state index in [9.17, 15) is 14.0 Å². The number of aryl methyl sites for hydroxylation is 1. The Bertz CT molecular complexity index is 823. The van der Waals surface area contributed by atoms with Gasteiger partial charge in [0, 0.05) is 25.0 Å². The predicted octanol–water partition coefficient (Wildman–Crippen LogP) is 2.09. The van der Waals surface area contributed by atoms with E-state index in [2.05, 4.69) is 15.4 Å². The minimum atomic E-state index is -0.336. The highest BCUT2D eigenvalue weighted by Gasteiger charge is 2.29. The van der Waals surface area contributed by atoms with Gasteiger partial charge in [0.2, 0.25) is 11.7 Å². The molecule has 27 heavy (non-hydrogen) atoms. The van der Waals surface area contributed by atoms with Crippen LogP contribution in [0.4, 0.5) is 4.39 Å². The standard InChI is InChI=1S/C19H24FN5O2/c1-12(2)21-18(26)14-8-10-24(11-9-14)19(27)17-22-13(3)25(23-17)16-6-4-15(20)5-7-16/h4-7,12,14H,8-11H2,1-3H3,(H,21,26). The number of benzene rings is 1. The van der Waals surface area contributed by atoms with E-state index in [-0.39, 0.29) is 35.4 Å². The number of hydrogen-bond donors (Lipinski definition) is 1. The summed E-state index contributed by atoms with van der Waals surface area (Å²) >= 11 is 0. The van der Waals surface area contributed by atoms with E-state index in [0.717, 1.165) is 0 Å². The first-order valence-electron chi connectivity index (χ1n) is 9.14. The second kappa shape index (κ2) is 7.85. The van der Waals surface area contributed by atoms with Crippen LogP contribution in [0.2, 0.25) is 0 Å². The average molecular weight is 373 g/mol. The number of likely N-dealkylation sites (tertiary alicyclic amines) is 1. The van der Waals surface area contributed by atoms with Crippen LogP contribution in [0.3, 0.4) is 0 Å². The number of piperidine rings is 1. The van der Waals surface area contributed by atoms with Crippen molar-refractivity contribution in [1.82, 2.24) is 25.0 Å². The monoisotopic (exact) mass is 373 g/mol. The first kappa shape index (κ1) is 19.0. The largest absolute Gasteiger partial charge is 0.354 e. The van der Waals surface area contributed by atoms with Crippen LogP contribution in [-0.2, 0) is 4.79 Å². The lowest BCUT2D eigenvalue weighted by atomic mass is 9.95. The van der Waals surface area contributed by atoms with Crippen LogP contribution >= 0.6 is 0 Å². The van der Waals surface area contributed by atoms with Gasteiger partial charge in [-0.25, -0.2) is 14.1 Å². The highest BCUT2D eigenvalue weighted by Crippen LogP contribution is 2.19. The zero-order valence-electron chi connectivity index (χ0n) is 15.8. The third-order valence-electron chi connectivity index (χ3n) is 4.62. The SMILES string of the molecule is Cc1nc(C(=O)N2CCC(C(=O)NC(C)C)CC2)nn1-c1ccc(F)cc1. The molecule has 2 heterocycles. The fourth-order valence-electron chi connectivity index (χ4n) is 3.20. The molecule has 1 N–H and O–H groups in total. The maximum Gasteiger partial charge on any atom is 0.293 e. The summed E-state index contributed by atoms with van der Waals surface area (Å²) in [5, 5.41) is 7.21. The van der Waals surface area contributed by atoms with Gasteiger partial charge in [-0.1, -0.05) is 0 Å². The molecule has 1 aromatic carbocycles. The van der Waals surface area contributed by atoms with Gasteiger partial charge in [0.25, 0.3) is 5.91 Å². The maximum absolute atomic E-state index is 13.1. The zero-order chi connectivity index (χ0) is 19.6. The molecule has 144 valence electrons. The number of halogens is 1. The van der Waals surface area contributed by atoms with Crippen LogP contribution in [0.25, 0.3) is 5.69 Å². The summed E-state index contributed by atoms with van der Waals surface area (Å²) < 4.78 is 14.6. The third-order valence-corrected chi connectivity index (χ3v) is 4.62. The van der Waals surface area contributed by atoms with Crippen LogP contribution in [-0.4, -0.2) is 50.6 Å². The molecule has 0 aliphatic carbocycles. The van der Waals surface area contributed by atoms with E-state index >= 15 is 0 Å². The number of rotatable bonds is 4. The molecule has 7 nitrogen and oxygen atoms in total. The summed E-state index contributed by atoms with van der Waals surface area (Å²) in [5.41, 5.74) is 0.643. The van der Waals surface area contributed by atoms with Crippen molar-refractivity contribution in [3.63, 3.8) is 0 Å². The number of aromatic nitrogens is 3. The van der Waals surface area contributed by atoms with Gasteiger partial charge in [0.15, 0.2) is 0 Å². The molecule has 0 radical (unpaired) electrons. The number of carbonyl (C=O) groups is 2. The van der Waals surface area contributed by atoms with E-state index in [0.29, 0.717) is 37.4 Å². The topological polar surface area (TPSA) is 80.1 Å². The Labute approximate surface area is 157 Å². The molecule has 8 heteroatoms. The van der Waals surface area contributed by atoms with Crippen LogP contribution < -0.4 is 5.32 Å². The van der Waals surface area contributed by atoms with Crippen LogP contribution in [0, 0.1) is 18.7 Å². The summed E-state index contributed by atoms with van der Waals surface area (Å²) in [6.07, 6.45) is 1.25. The minimum Gasteiger partial charge on any atom is -0.354 e. The summed E-state index contributed by atoms with van der Waals surface area (Å²) in [6.45, 7) is 6.61. The molecule has 0 spiro atoms. The Hall–Kier alpha value is -2.77. The van der Waals surface area contributed by atoms with Gasteiger partial charge >= 0.3 is 0 Å². The Balaban J connectivity index is 1.66. The van der Waals surface area contributed by atoms with Gasteiger partial charge < -0.3 is 10.2 Å². The maximum atomic E-state index is 13.1. The number of nitrogens with zero attached hydrogens (tertiary/aromatic N) is 4. The van der Waals surface area contributed by atoms with Crippen molar-refractivity contribution >= 4 is 11.8 Å². The number of hydrogen-bond acceptors (Lipinski definition) is 4. The normalized spacial score (nSPS) is 15.2. The van der Waals surface area contributed by atoms with Gasteiger partial charge in [-0.2, -0.15) is 0 Å². The smallest absolute Gasteiger partial charge is 0.293 e. The lowest BCUT2D eigenvalue weighted by Crippen LogP contribution is -2.44. The fraction of sp³-hybridized carbons (Fsp3) is 0.474. The van der Waals surface area contributed by atoms with Gasteiger partial charge in [0.05, 0.1) is 5.69 Å². The molecule has 0 unspecified atom stereocenters. The molecule has 1 fully saturated rings. The van der Waals surface area contributed by atoms with E-state index in [1.807, 2.05) is 13.8 Å². The number of carbonyl (C=O) groups excluding carboxylic acids is 2. The van der Waals surface area contributed by atoms with Crippen LogP contribution in [0.5, 0.6) is 0 Å². The van der Waals surface area contributed by atoms with Gasteiger partial charge in [-0.05, 0) is 57.9 Å². The molecule has 0 atom stereocenters. The molecule has 0 saturated carbocycles. The number of nitrogens with one attached hydrogen (secondary N) is 1. The van der Waals surface area contributed by atoms with E-state index in [4.69, 9.17) is 0 Å². The summed E-state index contributed by atoms with van der Waals surface area (Å²) in [7, 11) is 0. The molecule has 1 aliphatic rings. The van der Waals surface area contributed by atoms with Crippen LogP contribution in [0.15, 0.2) is 24.3 Å². The Morgan fingerprint density at radius 3 is 2.41 bits per heavy atom. The van der Waals surface area contributed by atoms with Gasteiger partial charge in [0.1, 0.15) is 11.6 Å². The third kappa shape index (κ3) is 4.32. The van der Waals surface area contributed by atoms with Crippen molar-refractivity contribution in [2.45, 2.75) is 39.7 Å². The fourth-order valence-corrected chi connectivity index (χ4v) is 3.20. The minimum absolute atomic E-state index is 0.0478. The first-order chi connectivity index (χ1) is 12.8. The van der Waals surface area contributed by atoms with Gasteiger partial charge in [-0.15, -0.1) is 5.10 Å². The molecule has 1 aliphatic heterocycles. The highest BCUT2D eigenvalue weighted by molar-refractivity contribution is 5.90.